The molecular formula is C24H30FN5O2. The van der Waals surface area contributed by atoms with Gasteiger partial charge < -0.3 is 14.5 Å². The van der Waals surface area contributed by atoms with Crippen molar-refractivity contribution in [2.45, 2.75) is 32.2 Å². The van der Waals surface area contributed by atoms with Crippen LogP contribution in [0.25, 0.3) is 11.1 Å². The molecule has 2 aliphatic heterocycles. The number of hydrogen-bond acceptors (Lipinski definition) is 6. The average Bonchev–Trinajstić information content (AvgIpc) is 3.24. The van der Waals surface area contributed by atoms with Gasteiger partial charge in [-0.2, -0.15) is 0 Å². The van der Waals surface area contributed by atoms with Crippen LogP contribution in [0.15, 0.2) is 36.8 Å². The van der Waals surface area contributed by atoms with E-state index in [-0.39, 0.29) is 17.3 Å². The molecule has 7 nitrogen and oxygen atoms in total. The summed E-state index contributed by atoms with van der Waals surface area (Å²) >= 11 is 0. The topological polar surface area (TPSA) is 61.8 Å². The van der Waals surface area contributed by atoms with Gasteiger partial charge in [0.05, 0.1) is 12.8 Å². The quantitative estimate of drug-likeness (QED) is 0.728. The van der Waals surface area contributed by atoms with Crippen LogP contribution in [-0.2, 0) is 4.74 Å². The molecule has 1 unspecified atom stereocenters. The zero-order valence-corrected chi connectivity index (χ0v) is 18.5. The Balaban J connectivity index is 1.19. The standard InChI is InChI=1S/C24H30FN5O2/c1-2-32-23(31)30-16-24(17-30)6-5-20(13-24)28-8-10-29(11-9-28)22-21(4-3-7-27-22)18-12-19(25)15-26-14-18/h3-4,7,12,14-15,20H,2,5-6,8-11,13,16-17H2,1H3. The van der Waals surface area contributed by atoms with Crippen molar-refractivity contribution in [2.75, 3.05) is 50.8 Å². The van der Waals surface area contributed by atoms with Gasteiger partial charge in [-0.3, -0.25) is 9.88 Å². The second-order valence-corrected chi connectivity index (χ2v) is 9.24. The predicted octanol–water partition coefficient (Wildman–Crippen LogP) is 3.42. The zero-order valence-electron chi connectivity index (χ0n) is 18.5. The third-order valence-electron chi connectivity index (χ3n) is 7.19. The molecule has 4 heterocycles. The zero-order chi connectivity index (χ0) is 22.1. The van der Waals surface area contributed by atoms with E-state index < -0.39 is 0 Å². The third kappa shape index (κ3) is 4.03. The molecule has 1 saturated carbocycles. The van der Waals surface area contributed by atoms with Gasteiger partial charge in [-0.15, -0.1) is 0 Å². The van der Waals surface area contributed by atoms with E-state index in [1.807, 2.05) is 24.0 Å². The number of anilines is 1. The molecule has 1 aliphatic carbocycles. The Bertz CT molecular complexity index is 972. The van der Waals surface area contributed by atoms with Crippen molar-refractivity contribution in [3.8, 4) is 11.1 Å². The van der Waals surface area contributed by atoms with Crippen molar-refractivity contribution in [3.05, 3.63) is 42.6 Å². The average molecular weight is 440 g/mol. The molecule has 32 heavy (non-hydrogen) atoms. The number of aromatic nitrogens is 2. The summed E-state index contributed by atoms with van der Waals surface area (Å²) in [5.41, 5.74) is 1.96. The van der Waals surface area contributed by atoms with Crippen LogP contribution in [-0.4, -0.2) is 77.8 Å². The highest BCUT2D eigenvalue weighted by molar-refractivity contribution is 5.75. The Morgan fingerprint density at radius 3 is 2.81 bits per heavy atom. The molecule has 0 N–H and O–H groups in total. The van der Waals surface area contributed by atoms with Gasteiger partial charge >= 0.3 is 6.09 Å². The fourth-order valence-electron chi connectivity index (χ4n) is 5.62. The number of hydrogen-bond donors (Lipinski definition) is 0. The van der Waals surface area contributed by atoms with Gasteiger partial charge in [0.2, 0.25) is 0 Å². The Labute approximate surface area is 188 Å². The molecule has 2 aromatic heterocycles. The molecule has 2 aromatic rings. The maximum atomic E-state index is 13.7. The van der Waals surface area contributed by atoms with Crippen molar-refractivity contribution in [1.82, 2.24) is 19.8 Å². The molecule has 2 saturated heterocycles. The summed E-state index contributed by atoms with van der Waals surface area (Å²) in [6.45, 7) is 7.71. The minimum absolute atomic E-state index is 0.171. The summed E-state index contributed by atoms with van der Waals surface area (Å²) in [7, 11) is 0. The first kappa shape index (κ1) is 21.1. The molecule has 3 fully saturated rings. The summed E-state index contributed by atoms with van der Waals surface area (Å²) < 4.78 is 18.9. The van der Waals surface area contributed by atoms with Crippen LogP contribution in [0.3, 0.4) is 0 Å². The summed E-state index contributed by atoms with van der Waals surface area (Å²) in [5.74, 6) is 0.557. The first-order valence-corrected chi connectivity index (χ1v) is 11.5. The largest absolute Gasteiger partial charge is 0.450 e. The van der Waals surface area contributed by atoms with Crippen LogP contribution in [0, 0.1) is 11.2 Å². The molecule has 1 spiro atoms. The van der Waals surface area contributed by atoms with Crippen molar-refractivity contribution >= 4 is 11.9 Å². The van der Waals surface area contributed by atoms with E-state index in [9.17, 15) is 9.18 Å². The van der Waals surface area contributed by atoms with Crippen LogP contribution in [0.4, 0.5) is 15.0 Å². The minimum atomic E-state index is -0.338. The van der Waals surface area contributed by atoms with Gasteiger partial charge in [0, 0.05) is 74.2 Å². The first-order chi connectivity index (χ1) is 15.6. The fourth-order valence-corrected chi connectivity index (χ4v) is 5.62. The first-order valence-electron chi connectivity index (χ1n) is 11.5. The number of halogens is 1. The summed E-state index contributed by atoms with van der Waals surface area (Å²) in [6.07, 6.45) is 8.08. The van der Waals surface area contributed by atoms with Gasteiger partial charge in [0.15, 0.2) is 0 Å². The van der Waals surface area contributed by atoms with Crippen LogP contribution in [0.1, 0.15) is 26.2 Å². The Kier molecular flexibility index (Phi) is 5.71. The van der Waals surface area contributed by atoms with E-state index in [1.54, 1.807) is 12.4 Å². The van der Waals surface area contributed by atoms with Gasteiger partial charge in [-0.25, -0.2) is 14.2 Å². The van der Waals surface area contributed by atoms with E-state index in [4.69, 9.17) is 4.74 Å². The Morgan fingerprint density at radius 2 is 2.06 bits per heavy atom. The van der Waals surface area contributed by atoms with Crippen molar-refractivity contribution < 1.29 is 13.9 Å². The van der Waals surface area contributed by atoms with Crippen molar-refractivity contribution in [2.24, 2.45) is 5.41 Å². The maximum absolute atomic E-state index is 13.7. The minimum Gasteiger partial charge on any atom is -0.450 e. The molecule has 1 amide bonds. The highest BCUT2D eigenvalue weighted by Crippen LogP contribution is 2.47. The van der Waals surface area contributed by atoms with Gasteiger partial charge in [0.1, 0.15) is 11.6 Å². The van der Waals surface area contributed by atoms with Crippen LogP contribution < -0.4 is 4.90 Å². The molecule has 1 atom stereocenters. The number of nitrogens with zero attached hydrogens (tertiary/aromatic N) is 5. The van der Waals surface area contributed by atoms with Crippen LogP contribution in [0.5, 0.6) is 0 Å². The number of carbonyl (C=O) groups is 1. The van der Waals surface area contributed by atoms with Gasteiger partial charge in [-0.05, 0) is 44.4 Å². The van der Waals surface area contributed by atoms with Crippen LogP contribution in [0.2, 0.25) is 0 Å². The van der Waals surface area contributed by atoms with E-state index in [0.717, 1.165) is 62.6 Å². The van der Waals surface area contributed by atoms with E-state index in [2.05, 4.69) is 19.8 Å². The fraction of sp³-hybridized carbons (Fsp3) is 0.542. The highest BCUT2D eigenvalue weighted by atomic mass is 19.1. The molecule has 0 aromatic carbocycles. The molecule has 8 heteroatoms. The lowest BCUT2D eigenvalue weighted by atomic mass is 9.78. The lowest BCUT2D eigenvalue weighted by Crippen LogP contribution is -2.58. The van der Waals surface area contributed by atoms with Gasteiger partial charge in [-0.1, -0.05) is 0 Å². The molecular weight excluding hydrogens is 409 g/mol. The van der Waals surface area contributed by atoms with Gasteiger partial charge in [0.25, 0.3) is 0 Å². The predicted molar refractivity (Wildman–Crippen MR) is 120 cm³/mol. The molecule has 170 valence electrons. The van der Waals surface area contributed by atoms with E-state index in [1.165, 1.54) is 25.1 Å². The molecule has 0 radical (unpaired) electrons. The number of ether oxygens (including phenoxy) is 1. The Morgan fingerprint density at radius 1 is 1.25 bits per heavy atom. The van der Waals surface area contributed by atoms with E-state index in [0.29, 0.717) is 12.6 Å². The SMILES string of the molecule is CCOC(=O)N1CC2(CCC(N3CCN(c4ncccc4-c4cncc(F)c4)CC3)C2)C1. The number of carbonyl (C=O) groups excluding carboxylic acids is 1. The number of pyridine rings is 2. The molecule has 3 aliphatic rings. The summed E-state index contributed by atoms with van der Waals surface area (Å²) in [4.78, 5) is 27.3. The second-order valence-electron chi connectivity index (χ2n) is 9.24. The lowest BCUT2D eigenvalue weighted by molar-refractivity contribution is -0.00294. The van der Waals surface area contributed by atoms with Crippen molar-refractivity contribution in [3.63, 3.8) is 0 Å². The molecule has 0 bridgehead atoms. The smallest absolute Gasteiger partial charge is 0.409 e. The second kappa shape index (κ2) is 8.65. The normalized spacial score (nSPS) is 22.8. The maximum Gasteiger partial charge on any atom is 0.409 e. The number of likely N-dealkylation sites (tertiary alicyclic amines) is 1. The Hall–Kier alpha value is -2.74. The van der Waals surface area contributed by atoms with E-state index >= 15 is 0 Å². The molecule has 5 rings (SSSR count). The highest BCUT2D eigenvalue weighted by Gasteiger charge is 2.51. The van der Waals surface area contributed by atoms with Crippen LogP contribution >= 0.6 is 0 Å². The number of rotatable bonds is 4. The monoisotopic (exact) mass is 439 g/mol. The lowest BCUT2D eigenvalue weighted by Gasteiger charge is -2.48. The number of amides is 1. The number of piperazine rings is 1. The third-order valence-corrected chi connectivity index (χ3v) is 7.19. The summed E-state index contributed by atoms with van der Waals surface area (Å²) in [5, 5.41) is 0. The van der Waals surface area contributed by atoms with Crippen molar-refractivity contribution in [1.29, 1.82) is 0 Å². The summed E-state index contributed by atoms with van der Waals surface area (Å²) in [6, 6.07) is 5.96.